The molecule has 0 fully saturated rings. The van der Waals surface area contributed by atoms with Gasteiger partial charge in [0.2, 0.25) is 5.88 Å². The normalized spacial score (nSPS) is 9.80. The summed E-state index contributed by atoms with van der Waals surface area (Å²) in [6.07, 6.45) is 0.814. The van der Waals surface area contributed by atoms with Crippen molar-refractivity contribution in [3.63, 3.8) is 0 Å². The summed E-state index contributed by atoms with van der Waals surface area (Å²) < 4.78 is 5.43. The average molecular weight is 208 g/mol. The lowest BCUT2D eigenvalue weighted by atomic mass is 10.3. The van der Waals surface area contributed by atoms with Gasteiger partial charge in [0, 0.05) is 12.5 Å². The van der Waals surface area contributed by atoms with Crippen LogP contribution in [-0.4, -0.2) is 16.6 Å². The van der Waals surface area contributed by atoms with Crippen molar-refractivity contribution in [3.05, 3.63) is 24.0 Å². The Bertz CT molecular complexity index is 351. The molecule has 3 N–H and O–H groups in total. The Morgan fingerprint density at radius 1 is 1.60 bits per heavy atom. The number of hydrazine groups is 1. The van der Waals surface area contributed by atoms with Gasteiger partial charge in [-0.25, -0.2) is 10.8 Å². The smallest absolute Gasteiger partial charge is 0.218 e. The SMILES string of the molecule is C=C(C)CCOc1cc(NN)nc(C)n1. The molecule has 0 saturated carbocycles. The fourth-order valence-electron chi connectivity index (χ4n) is 1.02. The number of aryl methyl sites for hydroxylation is 1. The van der Waals surface area contributed by atoms with Crippen molar-refractivity contribution < 1.29 is 4.74 Å². The third-order valence-electron chi connectivity index (χ3n) is 1.74. The van der Waals surface area contributed by atoms with Crippen LogP contribution in [0.3, 0.4) is 0 Å². The molecule has 82 valence electrons. The first-order valence-electron chi connectivity index (χ1n) is 4.71. The maximum Gasteiger partial charge on any atom is 0.218 e. The van der Waals surface area contributed by atoms with Crippen LogP contribution in [0.1, 0.15) is 19.2 Å². The fourth-order valence-corrected chi connectivity index (χ4v) is 1.02. The minimum atomic E-state index is 0.525. The molecule has 1 heterocycles. The summed E-state index contributed by atoms with van der Waals surface area (Å²) in [5, 5.41) is 0. The van der Waals surface area contributed by atoms with E-state index in [2.05, 4.69) is 22.0 Å². The summed E-state index contributed by atoms with van der Waals surface area (Å²) in [7, 11) is 0. The number of hydrogen-bond acceptors (Lipinski definition) is 5. The van der Waals surface area contributed by atoms with E-state index < -0.39 is 0 Å². The Labute approximate surface area is 89.3 Å². The zero-order valence-corrected chi connectivity index (χ0v) is 9.08. The number of ether oxygens (including phenoxy) is 1. The molecule has 0 unspecified atom stereocenters. The van der Waals surface area contributed by atoms with Crippen molar-refractivity contribution in [1.82, 2.24) is 9.97 Å². The number of nitrogens with two attached hydrogens (primary N) is 1. The number of aromatic nitrogens is 2. The van der Waals surface area contributed by atoms with Crippen molar-refractivity contribution in [2.24, 2.45) is 5.84 Å². The summed E-state index contributed by atoms with van der Waals surface area (Å²) in [5.41, 5.74) is 3.54. The van der Waals surface area contributed by atoms with E-state index in [1.807, 2.05) is 6.92 Å². The maximum atomic E-state index is 5.43. The number of nitrogens with zero attached hydrogens (tertiary/aromatic N) is 2. The predicted molar refractivity (Wildman–Crippen MR) is 59.5 cm³/mol. The van der Waals surface area contributed by atoms with E-state index in [4.69, 9.17) is 10.6 Å². The Morgan fingerprint density at radius 2 is 2.33 bits per heavy atom. The van der Waals surface area contributed by atoms with E-state index in [0.29, 0.717) is 24.1 Å². The molecule has 1 rings (SSSR count). The van der Waals surface area contributed by atoms with Crippen molar-refractivity contribution in [2.75, 3.05) is 12.0 Å². The van der Waals surface area contributed by atoms with E-state index in [1.165, 1.54) is 0 Å². The summed E-state index contributed by atoms with van der Waals surface area (Å²) in [5.74, 6) is 6.95. The summed E-state index contributed by atoms with van der Waals surface area (Å²) in [6, 6.07) is 1.66. The van der Waals surface area contributed by atoms with Crippen LogP contribution < -0.4 is 16.0 Å². The van der Waals surface area contributed by atoms with E-state index in [0.717, 1.165) is 12.0 Å². The molecule has 0 aromatic carbocycles. The number of anilines is 1. The number of rotatable bonds is 5. The van der Waals surface area contributed by atoms with E-state index in [-0.39, 0.29) is 0 Å². The highest BCUT2D eigenvalue weighted by molar-refractivity contribution is 5.36. The van der Waals surface area contributed by atoms with Crippen molar-refractivity contribution in [2.45, 2.75) is 20.3 Å². The molecule has 0 saturated heterocycles. The molecule has 1 aromatic heterocycles. The zero-order valence-electron chi connectivity index (χ0n) is 9.08. The first-order chi connectivity index (χ1) is 7.11. The van der Waals surface area contributed by atoms with Crippen LogP contribution in [0.4, 0.5) is 5.82 Å². The molecule has 0 amide bonds. The molecule has 0 radical (unpaired) electrons. The molecule has 5 heteroatoms. The van der Waals surface area contributed by atoms with Crippen LogP contribution in [0.25, 0.3) is 0 Å². The lowest BCUT2D eigenvalue weighted by molar-refractivity contribution is 0.308. The van der Waals surface area contributed by atoms with Gasteiger partial charge in [0.1, 0.15) is 11.6 Å². The second-order valence-electron chi connectivity index (χ2n) is 3.34. The Hall–Kier alpha value is -1.62. The highest BCUT2D eigenvalue weighted by Gasteiger charge is 2.01. The maximum absolute atomic E-state index is 5.43. The van der Waals surface area contributed by atoms with Gasteiger partial charge in [-0.3, -0.25) is 0 Å². The van der Waals surface area contributed by atoms with Crippen LogP contribution in [0.2, 0.25) is 0 Å². The second kappa shape index (κ2) is 5.31. The van der Waals surface area contributed by atoms with Gasteiger partial charge in [-0.1, -0.05) is 5.57 Å². The van der Waals surface area contributed by atoms with Crippen molar-refractivity contribution in [1.29, 1.82) is 0 Å². The average Bonchev–Trinajstić information content (AvgIpc) is 2.16. The largest absolute Gasteiger partial charge is 0.477 e. The van der Waals surface area contributed by atoms with Crippen LogP contribution >= 0.6 is 0 Å². The molecule has 0 bridgehead atoms. The molecule has 1 aromatic rings. The highest BCUT2D eigenvalue weighted by atomic mass is 16.5. The molecule has 0 atom stereocenters. The van der Waals surface area contributed by atoms with Crippen molar-refractivity contribution in [3.8, 4) is 5.88 Å². The molecule has 15 heavy (non-hydrogen) atoms. The Balaban J connectivity index is 2.60. The van der Waals surface area contributed by atoms with Gasteiger partial charge >= 0.3 is 0 Å². The summed E-state index contributed by atoms with van der Waals surface area (Å²) >= 11 is 0. The van der Waals surface area contributed by atoms with Gasteiger partial charge in [-0.15, -0.1) is 6.58 Å². The third kappa shape index (κ3) is 3.95. The predicted octanol–water partition coefficient (Wildman–Crippen LogP) is 1.42. The summed E-state index contributed by atoms with van der Waals surface area (Å²) in [4.78, 5) is 8.17. The molecule has 0 aliphatic heterocycles. The van der Waals surface area contributed by atoms with Crippen LogP contribution in [0, 0.1) is 6.92 Å². The van der Waals surface area contributed by atoms with Crippen molar-refractivity contribution >= 4 is 5.82 Å². The number of hydrogen-bond donors (Lipinski definition) is 2. The molecule has 5 nitrogen and oxygen atoms in total. The van der Waals surface area contributed by atoms with Gasteiger partial charge in [0.25, 0.3) is 0 Å². The number of nitrogen functional groups attached to an aromatic ring is 1. The zero-order chi connectivity index (χ0) is 11.3. The highest BCUT2D eigenvalue weighted by Crippen LogP contribution is 2.12. The third-order valence-corrected chi connectivity index (χ3v) is 1.74. The lowest BCUT2D eigenvalue weighted by Gasteiger charge is -2.07. The fraction of sp³-hybridized carbons (Fsp3) is 0.400. The van der Waals surface area contributed by atoms with E-state index in [9.17, 15) is 0 Å². The first kappa shape index (κ1) is 11.5. The lowest BCUT2D eigenvalue weighted by Crippen LogP contribution is -2.10. The topological polar surface area (TPSA) is 73.1 Å². The molecular formula is C10H16N4O. The van der Waals surface area contributed by atoms with Crippen LogP contribution in [-0.2, 0) is 0 Å². The van der Waals surface area contributed by atoms with Gasteiger partial charge in [-0.05, 0) is 13.8 Å². The Morgan fingerprint density at radius 3 is 2.93 bits per heavy atom. The van der Waals surface area contributed by atoms with Crippen LogP contribution in [0.5, 0.6) is 5.88 Å². The minimum absolute atomic E-state index is 0.525. The van der Waals surface area contributed by atoms with Gasteiger partial charge < -0.3 is 10.2 Å². The summed E-state index contributed by atoms with van der Waals surface area (Å²) in [6.45, 7) is 8.10. The van der Waals surface area contributed by atoms with E-state index in [1.54, 1.807) is 13.0 Å². The molecule has 0 spiro atoms. The van der Waals surface area contributed by atoms with Gasteiger partial charge in [0.05, 0.1) is 6.61 Å². The standard InChI is InChI=1S/C10H16N4O/c1-7(2)4-5-15-10-6-9(14-11)12-8(3)13-10/h6H,1,4-5,11H2,2-3H3,(H,12,13,14). The minimum Gasteiger partial charge on any atom is -0.477 e. The Kier molecular flexibility index (Phi) is 4.05. The van der Waals surface area contributed by atoms with Crippen LogP contribution in [0.15, 0.2) is 18.2 Å². The molecule has 0 aliphatic rings. The van der Waals surface area contributed by atoms with E-state index >= 15 is 0 Å². The second-order valence-corrected chi connectivity index (χ2v) is 3.34. The quantitative estimate of drug-likeness (QED) is 0.435. The molecular weight excluding hydrogens is 192 g/mol. The first-order valence-corrected chi connectivity index (χ1v) is 4.71. The number of nitrogens with one attached hydrogen (secondary N) is 1. The molecule has 0 aliphatic carbocycles. The van der Waals surface area contributed by atoms with Gasteiger partial charge in [0.15, 0.2) is 0 Å². The monoisotopic (exact) mass is 208 g/mol. The van der Waals surface area contributed by atoms with Gasteiger partial charge in [-0.2, -0.15) is 4.98 Å².